The number of aromatic nitrogens is 2. The number of nitrogens with zero attached hydrogens (tertiary/aromatic N) is 3. The van der Waals surface area contributed by atoms with Crippen molar-refractivity contribution in [2.24, 2.45) is 0 Å². The molecular formula is C17H16FN3O6S2. The highest BCUT2D eigenvalue weighted by atomic mass is 32.2. The summed E-state index contributed by atoms with van der Waals surface area (Å²) in [6.45, 7) is -0.360. The molecule has 0 amide bonds. The van der Waals surface area contributed by atoms with E-state index in [-0.39, 0.29) is 34.0 Å². The van der Waals surface area contributed by atoms with Crippen molar-refractivity contribution in [1.29, 1.82) is 0 Å². The highest BCUT2D eigenvalue weighted by molar-refractivity contribution is 7.90. The van der Waals surface area contributed by atoms with Gasteiger partial charge in [0.2, 0.25) is 0 Å². The molecule has 3 rings (SSSR count). The minimum Gasteiger partial charge on any atom is -0.508 e. The summed E-state index contributed by atoms with van der Waals surface area (Å²) in [5.41, 5.74) is -0.0406. The molecular weight excluding hydrogens is 425 g/mol. The van der Waals surface area contributed by atoms with Gasteiger partial charge in [-0.15, -0.1) is 0 Å². The van der Waals surface area contributed by atoms with Crippen molar-refractivity contribution >= 4 is 20.3 Å². The molecule has 0 radical (unpaired) electrons. The van der Waals surface area contributed by atoms with Gasteiger partial charge in [0.1, 0.15) is 16.5 Å². The molecule has 0 atom stereocenters. The Bertz CT molecular complexity index is 1260. The molecule has 3 aromatic rings. The molecule has 29 heavy (non-hydrogen) atoms. The largest absolute Gasteiger partial charge is 0.508 e. The van der Waals surface area contributed by atoms with Crippen LogP contribution in [0.25, 0.3) is 11.3 Å². The van der Waals surface area contributed by atoms with Crippen molar-refractivity contribution in [2.45, 2.75) is 11.4 Å². The molecule has 0 aliphatic rings. The van der Waals surface area contributed by atoms with Gasteiger partial charge >= 0.3 is 10.3 Å². The molecule has 12 heteroatoms. The first-order chi connectivity index (χ1) is 13.5. The van der Waals surface area contributed by atoms with Crippen LogP contribution >= 0.6 is 0 Å². The van der Waals surface area contributed by atoms with Crippen LogP contribution in [0.15, 0.2) is 59.9 Å². The average Bonchev–Trinajstić information content (AvgIpc) is 3.06. The predicted octanol–water partition coefficient (Wildman–Crippen LogP) is 1.87. The summed E-state index contributed by atoms with van der Waals surface area (Å²) in [7, 11) is -7.61. The van der Waals surface area contributed by atoms with Crippen LogP contribution < -0.4 is 0 Å². The third kappa shape index (κ3) is 4.29. The monoisotopic (exact) mass is 441 g/mol. The van der Waals surface area contributed by atoms with E-state index < -0.39 is 26.1 Å². The maximum atomic E-state index is 14.4. The van der Waals surface area contributed by atoms with E-state index in [9.17, 15) is 26.3 Å². The molecule has 0 saturated heterocycles. The zero-order valence-corrected chi connectivity index (χ0v) is 16.6. The second-order valence-electron chi connectivity index (χ2n) is 6.12. The van der Waals surface area contributed by atoms with E-state index in [1.54, 1.807) is 0 Å². The van der Waals surface area contributed by atoms with Gasteiger partial charge in [-0.1, -0.05) is 0 Å². The molecule has 2 N–H and O–H groups in total. The summed E-state index contributed by atoms with van der Waals surface area (Å²) in [5, 5.41) is 9.43. The molecule has 1 aromatic carbocycles. The SMILES string of the molecule is CN(Cc1cc(-c2ccc(O)cc2F)n(S(=O)(=O)c2cccnc2)c1)S(=O)(=O)O. The molecule has 0 unspecified atom stereocenters. The van der Waals surface area contributed by atoms with Crippen molar-refractivity contribution < 1.29 is 30.9 Å². The lowest BCUT2D eigenvalue weighted by Gasteiger charge is -2.11. The fourth-order valence-corrected chi connectivity index (χ4v) is 4.31. The molecule has 2 heterocycles. The zero-order chi connectivity index (χ0) is 21.4. The average molecular weight is 441 g/mol. The Hall–Kier alpha value is -2.80. The third-order valence-electron chi connectivity index (χ3n) is 4.06. The minimum absolute atomic E-state index is 0.0925. The van der Waals surface area contributed by atoms with E-state index in [1.807, 2.05) is 0 Å². The Kier molecular flexibility index (Phi) is 5.45. The van der Waals surface area contributed by atoms with Crippen molar-refractivity contribution in [3.05, 3.63) is 66.4 Å². The fraction of sp³-hybridized carbons (Fsp3) is 0.118. The van der Waals surface area contributed by atoms with Crippen molar-refractivity contribution in [2.75, 3.05) is 7.05 Å². The minimum atomic E-state index is -4.51. The Labute approximate surface area is 166 Å². The van der Waals surface area contributed by atoms with Crippen molar-refractivity contribution in [1.82, 2.24) is 13.3 Å². The third-order valence-corrected chi connectivity index (χ3v) is 6.64. The van der Waals surface area contributed by atoms with Crippen molar-refractivity contribution in [3.63, 3.8) is 0 Å². The topological polar surface area (TPSA) is 130 Å². The molecule has 0 saturated carbocycles. The molecule has 0 fully saturated rings. The maximum Gasteiger partial charge on any atom is 0.335 e. The molecule has 0 bridgehead atoms. The van der Waals surface area contributed by atoms with E-state index in [1.165, 1.54) is 36.5 Å². The number of rotatable bonds is 6. The summed E-state index contributed by atoms with van der Waals surface area (Å²) in [6, 6.07) is 7.23. The van der Waals surface area contributed by atoms with Crippen LogP contribution in [0.4, 0.5) is 4.39 Å². The predicted molar refractivity (Wildman–Crippen MR) is 101 cm³/mol. The van der Waals surface area contributed by atoms with E-state index in [0.29, 0.717) is 4.31 Å². The molecule has 9 nitrogen and oxygen atoms in total. The molecule has 154 valence electrons. The summed E-state index contributed by atoms with van der Waals surface area (Å²) in [6.07, 6.45) is 3.64. The normalized spacial score (nSPS) is 12.4. The standard InChI is InChI=1S/C17H16FN3O6S2/c1-20(29(25,26)27)10-12-7-17(15-5-4-13(22)8-16(15)18)21(11-12)28(23,24)14-3-2-6-19-9-14/h2-9,11,22H,10H2,1H3,(H,25,26,27). The fourth-order valence-electron chi connectivity index (χ4n) is 2.64. The first kappa shape index (κ1) is 20.9. The van der Waals surface area contributed by atoms with E-state index >= 15 is 0 Å². The number of pyridine rings is 1. The van der Waals surface area contributed by atoms with Crippen LogP contribution in [-0.4, -0.2) is 46.8 Å². The second kappa shape index (κ2) is 7.55. The summed E-state index contributed by atoms with van der Waals surface area (Å²) in [5.74, 6) is -1.22. The summed E-state index contributed by atoms with van der Waals surface area (Å²) < 4.78 is 73.6. The molecule has 0 aliphatic heterocycles. The number of halogens is 1. The first-order valence-corrected chi connectivity index (χ1v) is 10.9. The Morgan fingerprint density at radius 3 is 2.48 bits per heavy atom. The molecule has 0 aliphatic carbocycles. The first-order valence-electron chi connectivity index (χ1n) is 8.04. The van der Waals surface area contributed by atoms with Crippen LogP contribution in [0.2, 0.25) is 0 Å². The number of benzene rings is 1. The molecule has 0 spiro atoms. The van der Waals surface area contributed by atoms with Crippen LogP contribution in [0.5, 0.6) is 5.75 Å². The zero-order valence-electron chi connectivity index (χ0n) is 15.0. The number of hydrogen-bond acceptors (Lipinski definition) is 6. The number of phenols is 1. The second-order valence-corrected chi connectivity index (χ2v) is 9.46. The number of hydrogen-bond donors (Lipinski definition) is 2. The van der Waals surface area contributed by atoms with Crippen molar-refractivity contribution in [3.8, 4) is 17.0 Å². The highest BCUT2D eigenvalue weighted by Gasteiger charge is 2.25. The van der Waals surface area contributed by atoms with Gasteiger partial charge in [0.15, 0.2) is 0 Å². The van der Waals surface area contributed by atoms with Gasteiger partial charge in [0, 0.05) is 43.8 Å². The van der Waals surface area contributed by atoms with Crippen LogP contribution in [0.3, 0.4) is 0 Å². The molecule has 2 aromatic heterocycles. The van der Waals surface area contributed by atoms with Crippen LogP contribution in [0, 0.1) is 5.82 Å². The van der Waals surface area contributed by atoms with Gasteiger partial charge in [0.05, 0.1) is 5.69 Å². The van der Waals surface area contributed by atoms with Gasteiger partial charge in [0.25, 0.3) is 10.0 Å². The lowest BCUT2D eigenvalue weighted by atomic mass is 10.1. The number of aromatic hydroxyl groups is 1. The van der Waals surface area contributed by atoms with E-state index in [2.05, 4.69) is 4.98 Å². The lowest BCUT2D eigenvalue weighted by Crippen LogP contribution is -2.25. The van der Waals surface area contributed by atoms with Gasteiger partial charge in [-0.2, -0.15) is 12.7 Å². The lowest BCUT2D eigenvalue weighted by molar-refractivity contribution is 0.384. The Morgan fingerprint density at radius 2 is 1.90 bits per heavy atom. The quantitative estimate of drug-likeness (QED) is 0.559. The van der Waals surface area contributed by atoms with Gasteiger partial charge in [-0.3, -0.25) is 9.54 Å². The van der Waals surface area contributed by atoms with Gasteiger partial charge in [-0.05, 0) is 35.9 Å². The van der Waals surface area contributed by atoms with Gasteiger partial charge < -0.3 is 5.11 Å². The summed E-state index contributed by atoms with van der Waals surface area (Å²) >= 11 is 0. The van der Waals surface area contributed by atoms with Crippen LogP contribution in [-0.2, 0) is 26.9 Å². The summed E-state index contributed by atoms with van der Waals surface area (Å²) in [4.78, 5) is 3.61. The Balaban J connectivity index is 2.20. The van der Waals surface area contributed by atoms with Gasteiger partial charge in [-0.25, -0.2) is 16.8 Å². The highest BCUT2D eigenvalue weighted by Crippen LogP contribution is 2.31. The van der Waals surface area contributed by atoms with E-state index in [0.717, 1.165) is 29.5 Å². The number of phenolic OH excluding ortho intramolecular Hbond substituents is 1. The van der Waals surface area contributed by atoms with E-state index in [4.69, 9.17) is 4.55 Å². The Morgan fingerprint density at radius 1 is 1.17 bits per heavy atom. The smallest absolute Gasteiger partial charge is 0.335 e. The maximum absolute atomic E-state index is 14.4. The van der Waals surface area contributed by atoms with Crippen LogP contribution in [0.1, 0.15) is 5.56 Å².